The molecule has 0 aliphatic carbocycles. The minimum atomic E-state index is -0.149. The number of carbonyl (C=O) groups is 1. The molecule has 1 aliphatic heterocycles. The smallest absolute Gasteiger partial charge is 0.321 e. The van der Waals surface area contributed by atoms with Crippen LogP contribution in [0.15, 0.2) is 53.7 Å². The third-order valence-corrected chi connectivity index (χ3v) is 4.29. The number of rotatable bonds is 4. The summed E-state index contributed by atoms with van der Waals surface area (Å²) in [4.78, 5) is 19.5. The van der Waals surface area contributed by atoms with Gasteiger partial charge >= 0.3 is 6.03 Å². The topological polar surface area (TPSA) is 53.9 Å². The maximum absolute atomic E-state index is 12.4. The third kappa shape index (κ3) is 4.18. The predicted octanol–water partition coefficient (Wildman–Crippen LogP) is 3.96. The van der Waals surface area contributed by atoms with Crippen LogP contribution >= 0.6 is 0 Å². The van der Waals surface area contributed by atoms with Gasteiger partial charge in [0.2, 0.25) is 0 Å². The van der Waals surface area contributed by atoms with Crippen LogP contribution in [0.3, 0.4) is 0 Å². The van der Waals surface area contributed by atoms with Crippen LogP contribution in [-0.4, -0.2) is 36.3 Å². The average Bonchev–Trinajstić information content (AvgIpc) is 3.06. The molecule has 25 heavy (non-hydrogen) atoms. The molecule has 130 valence electrons. The Bertz CT molecular complexity index is 787. The van der Waals surface area contributed by atoms with Gasteiger partial charge in [-0.15, -0.1) is 0 Å². The number of carbonyl (C=O) groups excluding carboxylic acids is 1. The van der Waals surface area contributed by atoms with Crippen LogP contribution < -0.4 is 5.32 Å². The minimum Gasteiger partial charge on any atom is -0.390 e. The highest BCUT2D eigenvalue weighted by atomic mass is 16.6. The molecule has 2 aromatic carbocycles. The van der Waals surface area contributed by atoms with Crippen molar-refractivity contribution in [2.45, 2.75) is 26.4 Å². The van der Waals surface area contributed by atoms with E-state index in [2.05, 4.69) is 16.5 Å². The van der Waals surface area contributed by atoms with E-state index in [0.717, 1.165) is 22.5 Å². The number of nitrogens with one attached hydrogen (secondary N) is 1. The van der Waals surface area contributed by atoms with Gasteiger partial charge in [0.05, 0.1) is 12.3 Å². The monoisotopic (exact) mass is 337 g/mol. The molecule has 0 aromatic heterocycles. The third-order valence-electron chi connectivity index (χ3n) is 4.29. The zero-order chi connectivity index (χ0) is 17.8. The summed E-state index contributed by atoms with van der Waals surface area (Å²) in [5.74, 6) is 0. The van der Waals surface area contributed by atoms with E-state index in [1.807, 2.05) is 56.3 Å². The van der Waals surface area contributed by atoms with Crippen molar-refractivity contribution in [2.75, 3.05) is 18.9 Å². The molecule has 0 saturated heterocycles. The van der Waals surface area contributed by atoms with E-state index in [1.54, 1.807) is 11.9 Å². The fourth-order valence-electron chi connectivity index (χ4n) is 2.88. The van der Waals surface area contributed by atoms with Gasteiger partial charge in [0.1, 0.15) is 0 Å². The first-order valence-electron chi connectivity index (χ1n) is 8.40. The summed E-state index contributed by atoms with van der Waals surface area (Å²) in [5, 5.41) is 7.11. The Morgan fingerprint density at radius 3 is 2.72 bits per heavy atom. The lowest BCUT2D eigenvalue weighted by Gasteiger charge is -2.21. The van der Waals surface area contributed by atoms with E-state index in [-0.39, 0.29) is 12.1 Å². The van der Waals surface area contributed by atoms with Gasteiger partial charge in [-0.25, -0.2) is 4.79 Å². The van der Waals surface area contributed by atoms with Crippen LogP contribution in [0.2, 0.25) is 0 Å². The molecule has 2 amide bonds. The van der Waals surface area contributed by atoms with Gasteiger partial charge in [-0.2, -0.15) is 0 Å². The molecule has 1 unspecified atom stereocenters. The first-order chi connectivity index (χ1) is 12.0. The number of nitrogens with zero attached hydrogens (tertiary/aromatic N) is 2. The van der Waals surface area contributed by atoms with Crippen molar-refractivity contribution in [3.05, 3.63) is 65.2 Å². The van der Waals surface area contributed by atoms with E-state index in [9.17, 15) is 4.79 Å². The molecule has 2 aromatic rings. The predicted molar refractivity (Wildman–Crippen MR) is 100 cm³/mol. The van der Waals surface area contributed by atoms with Crippen molar-refractivity contribution in [2.24, 2.45) is 5.16 Å². The van der Waals surface area contributed by atoms with Crippen molar-refractivity contribution < 1.29 is 9.63 Å². The maximum Gasteiger partial charge on any atom is 0.321 e. The highest BCUT2D eigenvalue weighted by Gasteiger charge is 2.25. The maximum atomic E-state index is 12.4. The summed E-state index contributed by atoms with van der Waals surface area (Å²) in [5.41, 5.74) is 5.04. The number of amides is 2. The van der Waals surface area contributed by atoms with Crippen molar-refractivity contribution in [1.29, 1.82) is 0 Å². The molecular weight excluding hydrogens is 314 g/mol. The van der Waals surface area contributed by atoms with E-state index in [4.69, 9.17) is 4.84 Å². The van der Waals surface area contributed by atoms with Gasteiger partial charge in [-0.1, -0.05) is 53.2 Å². The Labute approximate surface area is 148 Å². The SMILES string of the molecule is Cc1ccc(NC(=O)N(C)CC2CC(c3ccccc3)=NO2)c(C)c1. The van der Waals surface area contributed by atoms with Gasteiger partial charge in [-0.3, -0.25) is 0 Å². The molecule has 5 nitrogen and oxygen atoms in total. The van der Waals surface area contributed by atoms with Crippen LogP contribution in [0.25, 0.3) is 0 Å². The molecule has 1 heterocycles. The van der Waals surface area contributed by atoms with E-state index in [1.165, 1.54) is 5.56 Å². The fraction of sp³-hybridized carbons (Fsp3) is 0.300. The molecule has 5 heteroatoms. The van der Waals surface area contributed by atoms with Gasteiger partial charge < -0.3 is 15.1 Å². The lowest BCUT2D eigenvalue weighted by Crippen LogP contribution is -2.37. The van der Waals surface area contributed by atoms with Crippen LogP contribution in [0.5, 0.6) is 0 Å². The summed E-state index contributed by atoms with van der Waals surface area (Å²) < 4.78 is 0. The van der Waals surface area contributed by atoms with E-state index in [0.29, 0.717) is 13.0 Å². The number of anilines is 1. The zero-order valence-corrected chi connectivity index (χ0v) is 14.8. The number of aryl methyl sites for hydroxylation is 2. The van der Waals surface area contributed by atoms with Crippen LogP contribution in [0.4, 0.5) is 10.5 Å². The van der Waals surface area contributed by atoms with Gasteiger partial charge in [0, 0.05) is 19.2 Å². The molecule has 1 aliphatic rings. The van der Waals surface area contributed by atoms with Crippen molar-refractivity contribution in [3.63, 3.8) is 0 Å². The Balaban J connectivity index is 1.54. The number of hydrogen-bond donors (Lipinski definition) is 1. The number of hydrogen-bond acceptors (Lipinski definition) is 3. The number of benzene rings is 2. The Hall–Kier alpha value is -2.82. The second kappa shape index (κ2) is 7.38. The first kappa shape index (κ1) is 17.0. The van der Waals surface area contributed by atoms with E-state index >= 15 is 0 Å². The highest BCUT2D eigenvalue weighted by molar-refractivity contribution is 6.01. The second-order valence-corrected chi connectivity index (χ2v) is 6.46. The summed E-state index contributed by atoms with van der Waals surface area (Å²) in [7, 11) is 1.77. The lowest BCUT2D eigenvalue weighted by atomic mass is 10.1. The average molecular weight is 337 g/mol. The van der Waals surface area contributed by atoms with Gasteiger partial charge in [0.25, 0.3) is 0 Å². The first-order valence-corrected chi connectivity index (χ1v) is 8.40. The molecule has 3 rings (SSSR count). The van der Waals surface area contributed by atoms with Crippen LogP contribution in [-0.2, 0) is 4.84 Å². The molecule has 0 bridgehead atoms. The van der Waals surface area contributed by atoms with Gasteiger partial charge in [-0.05, 0) is 31.0 Å². The Kier molecular flexibility index (Phi) is 5.03. The van der Waals surface area contributed by atoms with Crippen LogP contribution in [0, 0.1) is 13.8 Å². The molecule has 1 N–H and O–H groups in total. The molecule has 0 fully saturated rings. The van der Waals surface area contributed by atoms with Crippen molar-refractivity contribution >= 4 is 17.4 Å². The normalized spacial score (nSPS) is 16.1. The molecule has 0 spiro atoms. The molecular formula is C20H23N3O2. The fourth-order valence-corrected chi connectivity index (χ4v) is 2.88. The highest BCUT2D eigenvalue weighted by Crippen LogP contribution is 2.19. The summed E-state index contributed by atoms with van der Waals surface area (Å²) >= 11 is 0. The minimum absolute atomic E-state index is 0.120. The summed E-state index contributed by atoms with van der Waals surface area (Å²) in [6.07, 6.45) is 0.579. The second-order valence-electron chi connectivity index (χ2n) is 6.46. The lowest BCUT2D eigenvalue weighted by molar-refractivity contribution is 0.0672. The quantitative estimate of drug-likeness (QED) is 0.918. The number of urea groups is 1. The zero-order valence-electron chi connectivity index (χ0n) is 14.8. The number of likely N-dealkylation sites (N-methyl/N-ethyl adjacent to an activating group) is 1. The van der Waals surface area contributed by atoms with E-state index < -0.39 is 0 Å². The molecule has 0 saturated carbocycles. The van der Waals surface area contributed by atoms with Crippen LogP contribution in [0.1, 0.15) is 23.1 Å². The Morgan fingerprint density at radius 1 is 1.24 bits per heavy atom. The van der Waals surface area contributed by atoms with Crippen molar-refractivity contribution in [1.82, 2.24) is 4.90 Å². The molecule has 1 atom stereocenters. The summed E-state index contributed by atoms with van der Waals surface area (Å²) in [6, 6.07) is 15.8. The number of oxime groups is 1. The summed E-state index contributed by atoms with van der Waals surface area (Å²) in [6.45, 7) is 4.51. The standard InChI is InChI=1S/C20H23N3O2/c1-14-9-10-18(15(2)11-14)21-20(24)23(3)13-17-12-19(22-25-17)16-7-5-4-6-8-16/h4-11,17H,12-13H2,1-3H3,(H,21,24). The largest absolute Gasteiger partial charge is 0.390 e. The van der Waals surface area contributed by atoms with Gasteiger partial charge in [0.15, 0.2) is 6.10 Å². The molecule has 0 radical (unpaired) electrons. The Morgan fingerprint density at radius 2 is 2.00 bits per heavy atom. The van der Waals surface area contributed by atoms with Crippen molar-refractivity contribution in [3.8, 4) is 0 Å².